The van der Waals surface area contributed by atoms with Crippen molar-refractivity contribution in [2.24, 2.45) is 0 Å². The van der Waals surface area contributed by atoms with Crippen molar-refractivity contribution in [1.29, 1.82) is 0 Å². The molecule has 5 heteroatoms. The van der Waals surface area contributed by atoms with Gasteiger partial charge in [0.05, 0.1) is 18.5 Å². The zero-order valence-corrected chi connectivity index (χ0v) is 15.8. The highest BCUT2D eigenvalue weighted by molar-refractivity contribution is 5.97. The van der Waals surface area contributed by atoms with Gasteiger partial charge in [0.25, 0.3) is 5.91 Å². The lowest BCUT2D eigenvalue weighted by Gasteiger charge is -2.28. The fourth-order valence-electron chi connectivity index (χ4n) is 2.44. The highest BCUT2D eigenvalue weighted by atomic mass is 16.5. The zero-order valence-electron chi connectivity index (χ0n) is 15.8. The van der Waals surface area contributed by atoms with Gasteiger partial charge in [0.2, 0.25) is 5.88 Å². The molecular formula is C19H32N2O3. The lowest BCUT2D eigenvalue weighted by atomic mass is 9.97. The van der Waals surface area contributed by atoms with E-state index in [0.717, 1.165) is 31.2 Å². The van der Waals surface area contributed by atoms with E-state index >= 15 is 0 Å². The summed E-state index contributed by atoms with van der Waals surface area (Å²) < 4.78 is 11.4. The summed E-state index contributed by atoms with van der Waals surface area (Å²) in [4.78, 5) is 17.0. The maximum Gasteiger partial charge on any atom is 0.256 e. The molecule has 1 aromatic rings. The second-order valence-electron chi connectivity index (χ2n) is 6.27. The molecular weight excluding hydrogens is 304 g/mol. The third-order valence-electron chi connectivity index (χ3n) is 3.98. The van der Waals surface area contributed by atoms with Crippen molar-refractivity contribution in [3.05, 3.63) is 17.8 Å². The second kappa shape index (κ2) is 10.3. The van der Waals surface area contributed by atoms with Crippen LogP contribution in [-0.4, -0.2) is 29.7 Å². The number of nitrogens with one attached hydrogen (secondary N) is 1. The Hall–Kier alpha value is -1.62. The normalized spacial score (nSPS) is 13.4. The van der Waals surface area contributed by atoms with Crippen LogP contribution >= 0.6 is 0 Å². The molecule has 0 aliphatic heterocycles. The summed E-state index contributed by atoms with van der Waals surface area (Å²) in [5.41, 5.74) is 0.771. The first-order valence-corrected chi connectivity index (χ1v) is 9.01. The van der Waals surface area contributed by atoms with Crippen LogP contribution in [0.5, 0.6) is 5.88 Å². The first-order valence-electron chi connectivity index (χ1n) is 9.01. The molecule has 5 nitrogen and oxygen atoms in total. The highest BCUT2D eigenvalue weighted by Gasteiger charge is 2.33. The molecule has 1 atom stereocenters. The molecule has 0 aromatic carbocycles. The summed E-state index contributed by atoms with van der Waals surface area (Å²) in [6.45, 7) is 11.1. The number of carbonyl (C=O) groups is 1. The molecule has 0 saturated carbocycles. The average molecular weight is 336 g/mol. The molecule has 0 radical (unpaired) electrons. The minimum Gasteiger partial charge on any atom is -0.477 e. The maximum absolute atomic E-state index is 12.6. The number of aryl methyl sites for hydroxylation is 1. The number of unbranched alkanes of at least 4 members (excludes halogenated alkanes) is 2. The monoisotopic (exact) mass is 336 g/mol. The number of rotatable bonds is 11. The van der Waals surface area contributed by atoms with Gasteiger partial charge in [0.15, 0.2) is 0 Å². The minimum absolute atomic E-state index is 0.126. The van der Waals surface area contributed by atoms with E-state index in [1.54, 1.807) is 6.20 Å². The van der Waals surface area contributed by atoms with Crippen LogP contribution in [0.4, 0.5) is 5.69 Å². The third-order valence-corrected chi connectivity index (χ3v) is 3.98. The molecule has 0 bridgehead atoms. The lowest BCUT2D eigenvalue weighted by Crippen LogP contribution is -2.42. The van der Waals surface area contributed by atoms with Gasteiger partial charge in [-0.3, -0.25) is 4.79 Å². The summed E-state index contributed by atoms with van der Waals surface area (Å²) in [5.74, 6) is 0.499. The van der Waals surface area contributed by atoms with Crippen LogP contribution in [0.25, 0.3) is 0 Å². The van der Waals surface area contributed by atoms with Gasteiger partial charge in [0.1, 0.15) is 5.60 Å². The van der Waals surface area contributed by atoms with Gasteiger partial charge in [-0.15, -0.1) is 0 Å². The van der Waals surface area contributed by atoms with Crippen LogP contribution in [0.1, 0.15) is 65.4 Å². The lowest BCUT2D eigenvalue weighted by molar-refractivity contribution is -0.139. The number of hydrogen-bond acceptors (Lipinski definition) is 4. The third kappa shape index (κ3) is 6.11. The molecule has 1 N–H and O–H groups in total. The number of carbonyl (C=O) groups excluding carboxylic acids is 1. The van der Waals surface area contributed by atoms with E-state index in [1.807, 2.05) is 26.8 Å². The number of aromatic nitrogens is 1. The molecule has 0 aliphatic rings. The Morgan fingerprint density at radius 3 is 2.54 bits per heavy atom. The molecule has 1 amide bonds. The standard InChI is InChI=1S/C19H32N2O3/c1-6-9-11-19(5,24-8-3)18(22)21-16-13-15(4)17(20-14-16)23-12-10-7-2/h13-14H,6-12H2,1-5H3,(H,21,22)/t19-/m1/s1. The van der Waals surface area contributed by atoms with E-state index < -0.39 is 5.60 Å². The Bertz CT molecular complexity index is 519. The summed E-state index contributed by atoms with van der Waals surface area (Å²) in [6.07, 6.45) is 6.41. The van der Waals surface area contributed by atoms with Crippen molar-refractivity contribution >= 4 is 11.6 Å². The highest BCUT2D eigenvalue weighted by Crippen LogP contribution is 2.23. The number of pyridine rings is 1. The smallest absolute Gasteiger partial charge is 0.256 e. The topological polar surface area (TPSA) is 60.5 Å². The first-order chi connectivity index (χ1) is 11.5. The first kappa shape index (κ1) is 20.4. The summed E-state index contributed by atoms with van der Waals surface area (Å²) in [7, 11) is 0. The summed E-state index contributed by atoms with van der Waals surface area (Å²) >= 11 is 0. The Morgan fingerprint density at radius 1 is 1.25 bits per heavy atom. The van der Waals surface area contributed by atoms with Gasteiger partial charge in [-0.1, -0.05) is 33.1 Å². The van der Waals surface area contributed by atoms with Crippen molar-refractivity contribution in [3.63, 3.8) is 0 Å². The molecule has 1 rings (SSSR count). The van der Waals surface area contributed by atoms with Crippen molar-refractivity contribution in [2.45, 2.75) is 72.3 Å². The van der Waals surface area contributed by atoms with E-state index in [1.165, 1.54) is 0 Å². The van der Waals surface area contributed by atoms with Crippen molar-refractivity contribution in [2.75, 3.05) is 18.5 Å². The van der Waals surface area contributed by atoms with Crippen molar-refractivity contribution < 1.29 is 14.3 Å². The minimum atomic E-state index is -0.811. The predicted octanol–water partition coefficient (Wildman–Crippen LogP) is 4.49. The summed E-state index contributed by atoms with van der Waals surface area (Å²) in [5, 5.41) is 2.93. The second-order valence-corrected chi connectivity index (χ2v) is 6.27. The van der Waals surface area contributed by atoms with Gasteiger partial charge in [-0.25, -0.2) is 4.98 Å². The molecule has 1 heterocycles. The van der Waals surface area contributed by atoms with Crippen LogP contribution in [0.2, 0.25) is 0 Å². The molecule has 0 unspecified atom stereocenters. The quantitative estimate of drug-likeness (QED) is 0.605. The van der Waals surface area contributed by atoms with E-state index in [9.17, 15) is 4.79 Å². The number of anilines is 1. The van der Waals surface area contributed by atoms with E-state index in [0.29, 0.717) is 31.2 Å². The number of nitrogens with zero attached hydrogens (tertiary/aromatic N) is 1. The van der Waals surface area contributed by atoms with Gasteiger partial charge in [-0.2, -0.15) is 0 Å². The number of hydrogen-bond donors (Lipinski definition) is 1. The van der Waals surface area contributed by atoms with Crippen LogP contribution < -0.4 is 10.1 Å². The van der Waals surface area contributed by atoms with Crippen LogP contribution in [0.15, 0.2) is 12.3 Å². The fourth-order valence-corrected chi connectivity index (χ4v) is 2.44. The van der Waals surface area contributed by atoms with Crippen molar-refractivity contribution in [1.82, 2.24) is 4.98 Å². The van der Waals surface area contributed by atoms with Gasteiger partial charge >= 0.3 is 0 Å². The van der Waals surface area contributed by atoms with E-state index in [-0.39, 0.29) is 5.91 Å². The maximum atomic E-state index is 12.6. The Kier molecular flexibility index (Phi) is 8.76. The van der Waals surface area contributed by atoms with Gasteiger partial charge in [0, 0.05) is 12.2 Å². The SMILES string of the molecule is CCCCOc1ncc(NC(=O)[C@@](C)(CCCC)OCC)cc1C. The summed E-state index contributed by atoms with van der Waals surface area (Å²) in [6, 6.07) is 1.89. The van der Waals surface area contributed by atoms with Crippen LogP contribution in [-0.2, 0) is 9.53 Å². The molecule has 0 fully saturated rings. The molecule has 0 saturated heterocycles. The predicted molar refractivity (Wildman–Crippen MR) is 97.6 cm³/mol. The molecule has 1 aromatic heterocycles. The van der Waals surface area contributed by atoms with E-state index in [2.05, 4.69) is 24.1 Å². The van der Waals surface area contributed by atoms with E-state index in [4.69, 9.17) is 9.47 Å². The number of amides is 1. The molecule has 136 valence electrons. The Balaban J connectivity index is 2.76. The zero-order chi connectivity index (χ0) is 18.0. The molecule has 0 aliphatic carbocycles. The Morgan fingerprint density at radius 2 is 1.96 bits per heavy atom. The van der Waals surface area contributed by atoms with Crippen LogP contribution in [0.3, 0.4) is 0 Å². The van der Waals surface area contributed by atoms with Gasteiger partial charge in [-0.05, 0) is 39.7 Å². The van der Waals surface area contributed by atoms with Crippen LogP contribution in [0, 0.1) is 6.92 Å². The van der Waals surface area contributed by atoms with Crippen molar-refractivity contribution in [3.8, 4) is 5.88 Å². The molecule has 24 heavy (non-hydrogen) atoms. The largest absolute Gasteiger partial charge is 0.477 e. The molecule has 0 spiro atoms. The Labute approximate surface area is 146 Å². The van der Waals surface area contributed by atoms with Gasteiger partial charge < -0.3 is 14.8 Å². The fraction of sp³-hybridized carbons (Fsp3) is 0.684. The average Bonchev–Trinajstić information content (AvgIpc) is 2.55. The number of ether oxygens (including phenoxy) is 2.